The first-order valence-corrected chi connectivity index (χ1v) is 8.75. The lowest BCUT2D eigenvalue weighted by Gasteiger charge is -2.08. The summed E-state index contributed by atoms with van der Waals surface area (Å²) in [4.78, 5) is 12.4. The maximum Gasteiger partial charge on any atom is 0.573 e. The van der Waals surface area contributed by atoms with Gasteiger partial charge < -0.3 is 4.74 Å². The highest BCUT2D eigenvalue weighted by Crippen LogP contribution is 2.23. The molecule has 1 atom stereocenters. The lowest BCUT2D eigenvalue weighted by molar-refractivity contribution is -0.274. The van der Waals surface area contributed by atoms with Crippen molar-refractivity contribution < 1.29 is 26.9 Å². The smallest absolute Gasteiger partial charge is 0.406 e. The molecule has 2 aromatic rings. The number of halogens is 4. The molecule has 128 valence electrons. The minimum Gasteiger partial charge on any atom is -0.406 e. The molecule has 0 saturated carbocycles. The fourth-order valence-electron chi connectivity index (χ4n) is 1.75. The van der Waals surface area contributed by atoms with Gasteiger partial charge in [0, 0.05) is 21.7 Å². The molecule has 0 spiro atoms. The van der Waals surface area contributed by atoms with Crippen molar-refractivity contribution in [3.63, 3.8) is 0 Å². The summed E-state index contributed by atoms with van der Waals surface area (Å²) in [5.74, 6) is -1.27. The van der Waals surface area contributed by atoms with Gasteiger partial charge in [0.05, 0.1) is 9.73 Å². The van der Waals surface area contributed by atoms with Crippen LogP contribution in [0.5, 0.6) is 5.75 Å². The van der Waals surface area contributed by atoms with Gasteiger partial charge in [-0.1, -0.05) is 11.6 Å². The van der Waals surface area contributed by atoms with Crippen molar-refractivity contribution in [2.45, 2.75) is 11.3 Å². The normalized spacial score (nSPS) is 13.9. The van der Waals surface area contributed by atoms with Crippen molar-refractivity contribution in [3.05, 3.63) is 59.1 Å². The number of nitrogens with zero attached hydrogens (tertiary/aromatic N) is 1. The van der Waals surface area contributed by atoms with Crippen molar-refractivity contribution in [1.29, 1.82) is 0 Å². The Hall–Kier alpha value is -2.06. The number of hydrogen-bond donors (Lipinski definition) is 0. The van der Waals surface area contributed by atoms with Crippen LogP contribution in [-0.4, -0.2) is 22.7 Å². The van der Waals surface area contributed by atoms with Crippen LogP contribution in [-0.2, 0) is 9.73 Å². The molecular formula is C15H11ClF3NO3S. The van der Waals surface area contributed by atoms with E-state index in [4.69, 9.17) is 11.6 Å². The van der Waals surface area contributed by atoms with Crippen molar-refractivity contribution >= 4 is 27.2 Å². The number of hydrogen-bond acceptors (Lipinski definition) is 3. The fourth-order valence-corrected chi connectivity index (χ4v) is 3.04. The maximum atomic E-state index is 12.5. The van der Waals surface area contributed by atoms with Gasteiger partial charge in [-0.25, -0.2) is 4.21 Å². The van der Waals surface area contributed by atoms with Crippen molar-refractivity contribution in [2.75, 3.05) is 6.26 Å². The van der Waals surface area contributed by atoms with Crippen molar-refractivity contribution in [2.24, 2.45) is 4.36 Å². The van der Waals surface area contributed by atoms with E-state index in [9.17, 15) is 22.2 Å². The zero-order valence-electron chi connectivity index (χ0n) is 12.2. The minimum absolute atomic E-state index is 0.00642. The van der Waals surface area contributed by atoms with Gasteiger partial charge in [0.15, 0.2) is 0 Å². The van der Waals surface area contributed by atoms with Crippen LogP contribution in [0, 0.1) is 0 Å². The van der Waals surface area contributed by atoms with Crippen LogP contribution in [0.2, 0.25) is 5.02 Å². The molecule has 4 nitrogen and oxygen atoms in total. The van der Waals surface area contributed by atoms with Gasteiger partial charge in [-0.05, 0) is 48.5 Å². The van der Waals surface area contributed by atoms with E-state index in [-0.39, 0.29) is 5.56 Å². The fraction of sp³-hybridized carbons (Fsp3) is 0.133. The topological polar surface area (TPSA) is 55.7 Å². The van der Waals surface area contributed by atoms with Gasteiger partial charge >= 0.3 is 6.36 Å². The molecule has 2 aromatic carbocycles. The predicted octanol–water partition coefficient (Wildman–Crippen LogP) is 4.54. The van der Waals surface area contributed by atoms with E-state index in [1.807, 2.05) is 0 Å². The summed E-state index contributed by atoms with van der Waals surface area (Å²) in [7, 11) is -3.01. The summed E-state index contributed by atoms with van der Waals surface area (Å²) in [6, 6.07) is 10.2. The highest BCUT2D eigenvalue weighted by atomic mass is 35.5. The number of rotatable bonds is 3. The van der Waals surface area contributed by atoms with Crippen LogP contribution in [0.4, 0.5) is 13.2 Å². The van der Waals surface area contributed by atoms with E-state index in [0.29, 0.717) is 9.92 Å². The lowest BCUT2D eigenvalue weighted by Crippen LogP contribution is -2.17. The van der Waals surface area contributed by atoms with Gasteiger partial charge in [-0.2, -0.15) is 4.36 Å². The zero-order chi connectivity index (χ0) is 18.0. The highest BCUT2D eigenvalue weighted by molar-refractivity contribution is 7.93. The molecule has 0 aromatic heterocycles. The van der Waals surface area contributed by atoms with Gasteiger partial charge in [0.2, 0.25) is 0 Å². The van der Waals surface area contributed by atoms with Crippen LogP contribution in [0.25, 0.3) is 0 Å². The molecule has 1 amide bonds. The van der Waals surface area contributed by atoms with E-state index < -0.39 is 27.7 Å². The molecule has 24 heavy (non-hydrogen) atoms. The molecule has 0 fully saturated rings. The van der Waals surface area contributed by atoms with Gasteiger partial charge in [0.1, 0.15) is 5.75 Å². The van der Waals surface area contributed by atoms with E-state index in [2.05, 4.69) is 9.10 Å². The van der Waals surface area contributed by atoms with Gasteiger partial charge in [-0.3, -0.25) is 4.79 Å². The third-order valence-corrected chi connectivity index (χ3v) is 4.76. The Bertz CT molecular complexity index is 855. The summed E-state index contributed by atoms with van der Waals surface area (Å²) in [5, 5.41) is 0.445. The first-order valence-electron chi connectivity index (χ1n) is 6.45. The quantitative estimate of drug-likeness (QED) is 0.789. The Morgan fingerprint density at radius 3 is 2.12 bits per heavy atom. The number of alkyl halides is 3. The molecule has 0 heterocycles. The molecule has 0 bridgehead atoms. The molecule has 2 rings (SSSR count). The second-order valence-electron chi connectivity index (χ2n) is 4.73. The van der Waals surface area contributed by atoms with E-state index in [1.54, 1.807) is 0 Å². The van der Waals surface area contributed by atoms with Crippen molar-refractivity contribution in [3.8, 4) is 5.75 Å². The van der Waals surface area contributed by atoms with E-state index in [0.717, 1.165) is 24.3 Å². The summed E-state index contributed by atoms with van der Waals surface area (Å²) in [6.07, 6.45) is -3.53. The maximum absolute atomic E-state index is 12.5. The monoisotopic (exact) mass is 377 g/mol. The Kier molecular flexibility index (Phi) is 5.19. The van der Waals surface area contributed by atoms with Crippen molar-refractivity contribution in [1.82, 2.24) is 0 Å². The number of carbonyl (C=O) groups excluding carboxylic acids is 1. The average molecular weight is 378 g/mol. The number of carbonyl (C=O) groups is 1. The molecule has 0 aliphatic heterocycles. The third kappa shape index (κ3) is 4.97. The molecule has 0 aliphatic rings. The summed E-state index contributed by atoms with van der Waals surface area (Å²) >= 11 is 5.74. The largest absolute Gasteiger partial charge is 0.573 e. The average Bonchev–Trinajstić information content (AvgIpc) is 2.46. The predicted molar refractivity (Wildman–Crippen MR) is 83.7 cm³/mol. The lowest BCUT2D eigenvalue weighted by atomic mass is 10.2. The molecule has 9 heteroatoms. The third-order valence-electron chi connectivity index (χ3n) is 2.84. The van der Waals surface area contributed by atoms with E-state index in [1.165, 1.54) is 30.5 Å². The molecule has 0 radical (unpaired) electrons. The SMILES string of the molecule is CS(=O)(=NC(=O)c1ccc(OC(F)(F)F)cc1)c1ccc(Cl)cc1. The second kappa shape index (κ2) is 6.82. The Morgan fingerprint density at radius 1 is 1.08 bits per heavy atom. The molecule has 0 aliphatic carbocycles. The van der Waals surface area contributed by atoms with Crippen LogP contribution in [0.3, 0.4) is 0 Å². The van der Waals surface area contributed by atoms with E-state index >= 15 is 0 Å². The summed E-state index contributed by atoms with van der Waals surface area (Å²) in [5.41, 5.74) is -0.00642. The Labute approximate surface area is 141 Å². The van der Waals surface area contributed by atoms with Crippen LogP contribution in [0.1, 0.15) is 10.4 Å². The Balaban J connectivity index is 2.25. The summed E-state index contributed by atoms with van der Waals surface area (Å²) < 4.78 is 56.2. The van der Waals surface area contributed by atoms with Crippen LogP contribution < -0.4 is 4.74 Å². The highest BCUT2D eigenvalue weighted by Gasteiger charge is 2.31. The number of amides is 1. The second-order valence-corrected chi connectivity index (χ2v) is 7.42. The van der Waals surface area contributed by atoms with Gasteiger partial charge in [-0.15, -0.1) is 13.2 Å². The number of benzene rings is 2. The first-order chi connectivity index (χ1) is 11.1. The number of ether oxygens (including phenoxy) is 1. The summed E-state index contributed by atoms with van der Waals surface area (Å²) in [6.45, 7) is 0. The minimum atomic E-state index is -4.82. The van der Waals surface area contributed by atoms with Crippen LogP contribution >= 0.6 is 11.6 Å². The molecule has 0 N–H and O–H groups in total. The first kappa shape index (κ1) is 18.3. The zero-order valence-corrected chi connectivity index (χ0v) is 13.8. The molecular weight excluding hydrogens is 367 g/mol. The molecule has 1 unspecified atom stereocenters. The molecule has 0 saturated heterocycles. The van der Waals surface area contributed by atoms with Gasteiger partial charge in [0.25, 0.3) is 5.91 Å². The van der Waals surface area contributed by atoms with Crippen LogP contribution in [0.15, 0.2) is 57.8 Å². The Morgan fingerprint density at radius 2 is 1.62 bits per heavy atom. The standard InChI is InChI=1S/C15H11ClF3NO3S/c1-24(22,13-8-4-11(16)5-9-13)20-14(21)10-2-6-12(7-3-10)23-15(17,18)19/h2-9H,1H3.